The van der Waals surface area contributed by atoms with E-state index in [-0.39, 0.29) is 17.2 Å². The van der Waals surface area contributed by atoms with Gasteiger partial charge >= 0.3 is 0 Å². The van der Waals surface area contributed by atoms with Gasteiger partial charge in [0, 0.05) is 42.0 Å². The normalized spacial score (nSPS) is 13.8. The first-order valence-corrected chi connectivity index (χ1v) is 7.92. The maximum absolute atomic E-state index is 12.3. The largest absolute Gasteiger partial charge is 0.322 e. The Morgan fingerprint density at radius 3 is 2.68 bits per heavy atom. The van der Waals surface area contributed by atoms with Gasteiger partial charge in [0.15, 0.2) is 0 Å². The fourth-order valence-electron chi connectivity index (χ4n) is 2.90. The Balaban J connectivity index is 1.78. The molecule has 1 saturated heterocycles. The van der Waals surface area contributed by atoms with Gasteiger partial charge in [-0.15, -0.1) is 0 Å². The van der Waals surface area contributed by atoms with Gasteiger partial charge in [-0.1, -0.05) is 6.07 Å². The molecule has 2 aromatic carbocycles. The van der Waals surface area contributed by atoms with Crippen LogP contribution in [-0.4, -0.2) is 23.3 Å². The van der Waals surface area contributed by atoms with Crippen molar-refractivity contribution in [2.45, 2.75) is 19.8 Å². The first-order valence-electron chi connectivity index (χ1n) is 7.92. The molecule has 128 valence electrons. The third kappa shape index (κ3) is 3.50. The van der Waals surface area contributed by atoms with Gasteiger partial charge < -0.3 is 10.2 Å². The molecule has 2 aromatic rings. The smallest absolute Gasteiger partial charge is 0.270 e. The molecule has 0 aromatic heterocycles. The maximum atomic E-state index is 12.3. The zero-order valence-electron chi connectivity index (χ0n) is 13.7. The third-order valence-corrected chi connectivity index (χ3v) is 4.14. The second-order valence-corrected chi connectivity index (χ2v) is 5.91. The number of aryl methyl sites for hydroxylation is 1. The van der Waals surface area contributed by atoms with Gasteiger partial charge in [0.1, 0.15) is 0 Å². The second-order valence-electron chi connectivity index (χ2n) is 5.91. The number of carbonyl (C=O) groups excluding carboxylic acids is 2. The minimum Gasteiger partial charge on any atom is -0.322 e. The second kappa shape index (κ2) is 6.72. The number of rotatable bonds is 4. The lowest BCUT2D eigenvalue weighted by molar-refractivity contribution is -0.384. The molecule has 0 atom stereocenters. The Morgan fingerprint density at radius 2 is 2.04 bits per heavy atom. The molecule has 1 aliphatic heterocycles. The molecule has 25 heavy (non-hydrogen) atoms. The summed E-state index contributed by atoms with van der Waals surface area (Å²) in [6.07, 6.45) is 1.41. The first kappa shape index (κ1) is 16.6. The number of hydrogen-bond acceptors (Lipinski definition) is 4. The van der Waals surface area contributed by atoms with E-state index in [9.17, 15) is 19.7 Å². The average Bonchev–Trinajstić information content (AvgIpc) is 3.01. The van der Waals surface area contributed by atoms with Gasteiger partial charge in [0.05, 0.1) is 4.92 Å². The molecule has 1 heterocycles. The van der Waals surface area contributed by atoms with Crippen LogP contribution in [0.5, 0.6) is 0 Å². The zero-order valence-corrected chi connectivity index (χ0v) is 13.7. The SMILES string of the molecule is Cc1cc(NC(=O)c2cccc([N+](=O)[O-])c2)ccc1N1CCCC1=O. The van der Waals surface area contributed by atoms with E-state index < -0.39 is 10.8 Å². The fraction of sp³-hybridized carbons (Fsp3) is 0.222. The first-order chi connectivity index (χ1) is 12.0. The van der Waals surface area contributed by atoms with E-state index in [1.807, 2.05) is 13.0 Å². The fourth-order valence-corrected chi connectivity index (χ4v) is 2.90. The van der Waals surface area contributed by atoms with Crippen LogP contribution in [-0.2, 0) is 4.79 Å². The summed E-state index contributed by atoms with van der Waals surface area (Å²) in [7, 11) is 0. The molecule has 0 saturated carbocycles. The monoisotopic (exact) mass is 339 g/mol. The number of hydrogen-bond donors (Lipinski definition) is 1. The van der Waals surface area contributed by atoms with Crippen molar-refractivity contribution in [2.24, 2.45) is 0 Å². The Bertz CT molecular complexity index is 863. The summed E-state index contributed by atoms with van der Waals surface area (Å²) in [5.74, 6) is -0.315. The molecule has 1 aliphatic rings. The van der Waals surface area contributed by atoms with Crippen molar-refractivity contribution in [3.8, 4) is 0 Å². The Labute approximate surface area is 144 Å². The van der Waals surface area contributed by atoms with Crippen LogP contribution in [0.15, 0.2) is 42.5 Å². The number of nitro groups is 1. The van der Waals surface area contributed by atoms with Crippen LogP contribution in [0.4, 0.5) is 17.1 Å². The van der Waals surface area contributed by atoms with Crippen LogP contribution in [0.2, 0.25) is 0 Å². The zero-order chi connectivity index (χ0) is 18.0. The van der Waals surface area contributed by atoms with Crippen LogP contribution in [0.1, 0.15) is 28.8 Å². The van der Waals surface area contributed by atoms with Gasteiger partial charge in [0.25, 0.3) is 11.6 Å². The standard InChI is InChI=1S/C18H17N3O4/c1-12-10-14(7-8-16(12)20-9-3-6-17(20)22)19-18(23)13-4-2-5-15(11-13)21(24)25/h2,4-5,7-8,10-11H,3,6,9H2,1H3,(H,19,23). The molecular formula is C18H17N3O4. The van der Waals surface area contributed by atoms with E-state index in [4.69, 9.17) is 0 Å². The van der Waals surface area contributed by atoms with Crippen molar-refractivity contribution in [3.63, 3.8) is 0 Å². The van der Waals surface area contributed by atoms with Crippen LogP contribution in [0.3, 0.4) is 0 Å². The Morgan fingerprint density at radius 1 is 1.24 bits per heavy atom. The van der Waals surface area contributed by atoms with Crippen molar-refractivity contribution in [2.75, 3.05) is 16.8 Å². The van der Waals surface area contributed by atoms with Gasteiger partial charge in [-0.05, 0) is 43.2 Å². The van der Waals surface area contributed by atoms with E-state index in [1.54, 1.807) is 17.0 Å². The van der Waals surface area contributed by atoms with E-state index in [0.717, 1.165) is 17.7 Å². The number of nitrogens with zero attached hydrogens (tertiary/aromatic N) is 2. The number of carbonyl (C=O) groups is 2. The highest BCUT2D eigenvalue weighted by atomic mass is 16.6. The maximum Gasteiger partial charge on any atom is 0.270 e. The lowest BCUT2D eigenvalue weighted by Gasteiger charge is -2.19. The van der Waals surface area contributed by atoms with E-state index in [2.05, 4.69) is 5.32 Å². The molecule has 7 heteroatoms. The van der Waals surface area contributed by atoms with Gasteiger partial charge in [0.2, 0.25) is 5.91 Å². The summed E-state index contributed by atoms with van der Waals surface area (Å²) >= 11 is 0. The molecule has 3 rings (SSSR count). The summed E-state index contributed by atoms with van der Waals surface area (Å²) in [4.78, 5) is 36.2. The topological polar surface area (TPSA) is 92.5 Å². The summed E-state index contributed by atoms with van der Waals surface area (Å²) in [5, 5.41) is 13.5. The molecular weight excluding hydrogens is 322 g/mol. The third-order valence-electron chi connectivity index (χ3n) is 4.14. The van der Waals surface area contributed by atoms with Crippen molar-refractivity contribution >= 4 is 28.9 Å². The van der Waals surface area contributed by atoms with Crippen LogP contribution in [0, 0.1) is 17.0 Å². The van der Waals surface area contributed by atoms with Crippen LogP contribution in [0.25, 0.3) is 0 Å². The Hall–Kier alpha value is -3.22. The van der Waals surface area contributed by atoms with Crippen molar-refractivity contribution < 1.29 is 14.5 Å². The predicted octanol–water partition coefficient (Wildman–Crippen LogP) is 3.28. The Kier molecular flexibility index (Phi) is 4.47. The molecule has 7 nitrogen and oxygen atoms in total. The van der Waals surface area contributed by atoms with Crippen molar-refractivity contribution in [1.29, 1.82) is 0 Å². The highest BCUT2D eigenvalue weighted by Crippen LogP contribution is 2.27. The quantitative estimate of drug-likeness (QED) is 0.683. The molecule has 0 radical (unpaired) electrons. The van der Waals surface area contributed by atoms with Crippen LogP contribution >= 0.6 is 0 Å². The van der Waals surface area contributed by atoms with Gasteiger partial charge in [-0.25, -0.2) is 0 Å². The predicted molar refractivity (Wildman–Crippen MR) is 93.8 cm³/mol. The molecule has 0 aliphatic carbocycles. The molecule has 0 unspecified atom stereocenters. The number of amides is 2. The molecule has 1 fully saturated rings. The summed E-state index contributed by atoms with van der Waals surface area (Å²) in [5.41, 5.74) is 2.38. The van der Waals surface area contributed by atoms with Crippen molar-refractivity contribution in [3.05, 3.63) is 63.7 Å². The van der Waals surface area contributed by atoms with E-state index in [0.29, 0.717) is 18.7 Å². The van der Waals surface area contributed by atoms with E-state index >= 15 is 0 Å². The molecule has 2 amide bonds. The molecule has 1 N–H and O–H groups in total. The number of nitrogens with one attached hydrogen (secondary N) is 1. The van der Waals surface area contributed by atoms with Crippen LogP contribution < -0.4 is 10.2 Å². The summed E-state index contributed by atoms with van der Waals surface area (Å²) in [6.45, 7) is 2.59. The molecule has 0 spiro atoms. The highest BCUT2D eigenvalue weighted by Gasteiger charge is 2.23. The lowest BCUT2D eigenvalue weighted by Crippen LogP contribution is -2.24. The van der Waals surface area contributed by atoms with Crippen molar-refractivity contribution in [1.82, 2.24) is 0 Å². The minimum atomic E-state index is -0.539. The van der Waals surface area contributed by atoms with Gasteiger partial charge in [-0.3, -0.25) is 19.7 Å². The lowest BCUT2D eigenvalue weighted by atomic mass is 10.1. The van der Waals surface area contributed by atoms with E-state index in [1.165, 1.54) is 24.3 Å². The summed E-state index contributed by atoms with van der Waals surface area (Å²) < 4.78 is 0. The number of nitro benzene ring substituents is 1. The minimum absolute atomic E-state index is 0.108. The number of anilines is 2. The van der Waals surface area contributed by atoms with Gasteiger partial charge in [-0.2, -0.15) is 0 Å². The molecule has 0 bridgehead atoms. The number of benzene rings is 2. The number of non-ortho nitro benzene ring substituents is 1. The highest BCUT2D eigenvalue weighted by molar-refractivity contribution is 6.05. The average molecular weight is 339 g/mol. The summed E-state index contributed by atoms with van der Waals surface area (Å²) in [6, 6.07) is 10.9.